The minimum Gasteiger partial charge on any atom is -0.490 e. The van der Waals surface area contributed by atoms with Crippen molar-refractivity contribution in [1.82, 2.24) is 0 Å². The van der Waals surface area contributed by atoms with Gasteiger partial charge in [0.15, 0.2) is 0 Å². The first-order chi connectivity index (χ1) is 9.81. The molecule has 1 aromatic rings. The van der Waals surface area contributed by atoms with Gasteiger partial charge in [-0.25, -0.2) is 0 Å². The molecular weight excluding hydrogens is 268 g/mol. The highest BCUT2D eigenvalue weighted by molar-refractivity contribution is 7.99. The van der Waals surface area contributed by atoms with Gasteiger partial charge in [-0.05, 0) is 43.4 Å². The molecule has 0 radical (unpaired) electrons. The molecule has 0 heterocycles. The lowest BCUT2D eigenvalue weighted by Gasteiger charge is -2.22. The van der Waals surface area contributed by atoms with Crippen LogP contribution in [-0.4, -0.2) is 22.2 Å². The van der Waals surface area contributed by atoms with Crippen molar-refractivity contribution in [3.05, 3.63) is 29.8 Å². The zero-order valence-corrected chi connectivity index (χ0v) is 12.8. The quantitative estimate of drug-likeness (QED) is 0.846. The molecule has 110 valence electrons. The fourth-order valence-corrected chi connectivity index (χ4v) is 4.02. The Balaban J connectivity index is 1.46. The van der Waals surface area contributed by atoms with E-state index in [4.69, 9.17) is 4.74 Å². The predicted octanol–water partition coefficient (Wildman–Crippen LogP) is 4.33. The van der Waals surface area contributed by atoms with Crippen LogP contribution in [-0.2, 0) is 0 Å². The molecule has 1 unspecified atom stereocenters. The second-order valence-corrected chi connectivity index (χ2v) is 7.33. The van der Waals surface area contributed by atoms with Gasteiger partial charge in [-0.1, -0.05) is 31.4 Å². The van der Waals surface area contributed by atoms with Crippen molar-refractivity contribution in [1.29, 1.82) is 0 Å². The lowest BCUT2D eigenvalue weighted by molar-refractivity contribution is 0.203. The van der Waals surface area contributed by atoms with E-state index in [-0.39, 0.29) is 6.10 Å². The maximum absolute atomic E-state index is 10.3. The number of ether oxygens (including phenoxy) is 1. The summed E-state index contributed by atoms with van der Waals surface area (Å²) in [6.07, 6.45) is 9.22. The van der Waals surface area contributed by atoms with Gasteiger partial charge in [0, 0.05) is 11.0 Å². The second-order valence-electron chi connectivity index (χ2n) is 6.00. The second kappa shape index (κ2) is 6.86. The summed E-state index contributed by atoms with van der Waals surface area (Å²) in [6, 6.07) is 7.98. The van der Waals surface area contributed by atoms with Gasteiger partial charge in [-0.15, -0.1) is 0 Å². The molecule has 1 atom stereocenters. The molecule has 0 spiro atoms. The predicted molar refractivity (Wildman–Crippen MR) is 84.4 cm³/mol. The summed E-state index contributed by atoms with van der Waals surface area (Å²) in [5.74, 6) is 1.75. The fourth-order valence-electron chi connectivity index (χ4n) is 2.70. The first-order valence-corrected chi connectivity index (χ1v) is 8.92. The normalized spacial score (nSPS) is 21.6. The molecule has 1 N–H and O–H groups in total. The van der Waals surface area contributed by atoms with Crippen molar-refractivity contribution in [3.8, 4) is 5.75 Å². The van der Waals surface area contributed by atoms with Crippen LogP contribution >= 0.6 is 11.8 Å². The molecular formula is C17H24O2S. The van der Waals surface area contributed by atoms with Crippen LogP contribution in [0.25, 0.3) is 0 Å². The van der Waals surface area contributed by atoms with E-state index in [2.05, 4.69) is 0 Å². The van der Waals surface area contributed by atoms with Crippen molar-refractivity contribution in [2.75, 3.05) is 5.75 Å². The molecule has 0 aromatic heterocycles. The molecule has 2 aliphatic rings. The summed E-state index contributed by atoms with van der Waals surface area (Å²) in [6.45, 7) is 0. The molecule has 0 saturated heterocycles. The van der Waals surface area contributed by atoms with Gasteiger partial charge in [-0.3, -0.25) is 0 Å². The zero-order chi connectivity index (χ0) is 13.8. The molecule has 2 saturated carbocycles. The van der Waals surface area contributed by atoms with Crippen molar-refractivity contribution in [3.63, 3.8) is 0 Å². The minimum atomic E-state index is -0.350. The molecule has 2 nitrogen and oxygen atoms in total. The molecule has 0 amide bonds. The largest absolute Gasteiger partial charge is 0.490 e. The highest BCUT2D eigenvalue weighted by atomic mass is 32.2. The van der Waals surface area contributed by atoms with Crippen LogP contribution in [0, 0.1) is 0 Å². The van der Waals surface area contributed by atoms with Gasteiger partial charge >= 0.3 is 0 Å². The lowest BCUT2D eigenvalue weighted by Crippen LogP contribution is -2.11. The number of aliphatic hydroxyl groups is 1. The van der Waals surface area contributed by atoms with E-state index in [0.717, 1.165) is 22.3 Å². The summed E-state index contributed by atoms with van der Waals surface area (Å²) in [5.41, 5.74) is 1.01. The Morgan fingerprint density at radius 3 is 2.40 bits per heavy atom. The van der Waals surface area contributed by atoms with Crippen molar-refractivity contribution < 1.29 is 9.84 Å². The average Bonchev–Trinajstić information content (AvgIpc) is 3.31. The van der Waals surface area contributed by atoms with Crippen LogP contribution in [0.2, 0.25) is 0 Å². The topological polar surface area (TPSA) is 29.5 Å². The van der Waals surface area contributed by atoms with E-state index in [1.807, 2.05) is 36.0 Å². The summed E-state index contributed by atoms with van der Waals surface area (Å²) in [5, 5.41) is 11.0. The summed E-state index contributed by atoms with van der Waals surface area (Å²) >= 11 is 1.94. The molecule has 3 rings (SSSR count). The third kappa shape index (κ3) is 4.16. The molecule has 2 aliphatic carbocycles. The Kier molecular flexibility index (Phi) is 4.90. The van der Waals surface area contributed by atoms with Crippen molar-refractivity contribution in [2.24, 2.45) is 0 Å². The number of rotatable bonds is 6. The number of aliphatic hydroxyl groups excluding tert-OH is 1. The third-order valence-electron chi connectivity index (χ3n) is 4.13. The Hall–Kier alpha value is -0.670. The van der Waals surface area contributed by atoms with Crippen LogP contribution in [0.4, 0.5) is 0 Å². The molecule has 1 aromatic carbocycles. The van der Waals surface area contributed by atoms with E-state index in [0.29, 0.717) is 6.10 Å². The van der Waals surface area contributed by atoms with Gasteiger partial charge in [0.2, 0.25) is 0 Å². The van der Waals surface area contributed by atoms with Crippen LogP contribution in [0.15, 0.2) is 24.3 Å². The molecule has 20 heavy (non-hydrogen) atoms. The van der Waals surface area contributed by atoms with E-state index in [1.165, 1.54) is 44.9 Å². The van der Waals surface area contributed by atoms with Crippen molar-refractivity contribution in [2.45, 2.75) is 62.4 Å². The summed E-state index contributed by atoms with van der Waals surface area (Å²) in [7, 11) is 0. The van der Waals surface area contributed by atoms with Gasteiger partial charge in [-0.2, -0.15) is 11.8 Å². The van der Waals surface area contributed by atoms with E-state index in [1.54, 1.807) is 0 Å². The number of benzene rings is 1. The smallest absolute Gasteiger partial charge is 0.119 e. The van der Waals surface area contributed by atoms with Crippen molar-refractivity contribution >= 4 is 11.8 Å². The monoisotopic (exact) mass is 292 g/mol. The maximum Gasteiger partial charge on any atom is 0.119 e. The minimum absolute atomic E-state index is 0.350. The Bertz CT molecular complexity index is 408. The van der Waals surface area contributed by atoms with Gasteiger partial charge in [0.1, 0.15) is 5.75 Å². The Morgan fingerprint density at radius 1 is 1.05 bits per heavy atom. The number of thioether (sulfide) groups is 1. The summed E-state index contributed by atoms with van der Waals surface area (Å²) < 4.78 is 5.73. The average molecular weight is 292 g/mol. The number of hydrogen-bond acceptors (Lipinski definition) is 3. The first-order valence-electron chi connectivity index (χ1n) is 7.87. The Morgan fingerprint density at radius 2 is 1.75 bits per heavy atom. The van der Waals surface area contributed by atoms with Crippen LogP contribution < -0.4 is 4.74 Å². The first kappa shape index (κ1) is 14.3. The Labute approximate surface area is 125 Å². The lowest BCUT2D eigenvalue weighted by atomic mass is 10.0. The fraction of sp³-hybridized carbons (Fsp3) is 0.647. The SMILES string of the molecule is OC(CSC1CCCCC1)c1ccc(OC2CC2)cc1. The molecule has 0 bridgehead atoms. The standard InChI is InChI=1S/C17H24O2S/c18-17(12-20-16-4-2-1-3-5-16)13-6-8-14(9-7-13)19-15-10-11-15/h6-9,15-18H,1-5,10-12H2. The molecule has 0 aliphatic heterocycles. The highest BCUT2D eigenvalue weighted by Gasteiger charge is 2.23. The third-order valence-corrected chi connectivity index (χ3v) is 5.58. The highest BCUT2D eigenvalue weighted by Crippen LogP contribution is 2.32. The van der Waals surface area contributed by atoms with Gasteiger partial charge in [0.25, 0.3) is 0 Å². The van der Waals surface area contributed by atoms with Crippen LogP contribution in [0.5, 0.6) is 5.75 Å². The number of hydrogen-bond donors (Lipinski definition) is 1. The van der Waals surface area contributed by atoms with Gasteiger partial charge < -0.3 is 9.84 Å². The van der Waals surface area contributed by atoms with Crippen LogP contribution in [0.1, 0.15) is 56.6 Å². The van der Waals surface area contributed by atoms with E-state index < -0.39 is 0 Å². The molecule has 2 fully saturated rings. The maximum atomic E-state index is 10.3. The van der Waals surface area contributed by atoms with Crippen LogP contribution in [0.3, 0.4) is 0 Å². The zero-order valence-electron chi connectivity index (χ0n) is 12.0. The van der Waals surface area contributed by atoms with E-state index >= 15 is 0 Å². The molecule has 3 heteroatoms. The summed E-state index contributed by atoms with van der Waals surface area (Å²) in [4.78, 5) is 0. The van der Waals surface area contributed by atoms with Gasteiger partial charge in [0.05, 0.1) is 12.2 Å². The van der Waals surface area contributed by atoms with E-state index in [9.17, 15) is 5.11 Å².